The Balaban J connectivity index is 1.74. The van der Waals surface area contributed by atoms with Crippen LogP contribution in [0.2, 0.25) is 0 Å². The number of hydrogen-bond acceptors (Lipinski definition) is 2. The summed E-state index contributed by atoms with van der Waals surface area (Å²) >= 11 is 2.02. The number of thioether (sulfide) groups is 1. The van der Waals surface area contributed by atoms with Crippen molar-refractivity contribution in [3.8, 4) is 0 Å². The molecule has 16 heavy (non-hydrogen) atoms. The first kappa shape index (κ1) is 11.9. The standard InChI is InChI=1S/C13H18FNS/c1-10-8-12(9-16-10)15-7-6-11-4-2-3-5-13(11)14/h2-5,10,12,15H,6-9H2,1H3. The smallest absolute Gasteiger partial charge is 0.126 e. The van der Waals surface area contributed by atoms with Crippen LogP contribution in [0.5, 0.6) is 0 Å². The van der Waals surface area contributed by atoms with Crippen LogP contribution < -0.4 is 5.32 Å². The molecule has 0 saturated carbocycles. The van der Waals surface area contributed by atoms with Crippen molar-refractivity contribution in [1.29, 1.82) is 0 Å². The summed E-state index contributed by atoms with van der Waals surface area (Å²) in [5.74, 6) is 1.11. The summed E-state index contributed by atoms with van der Waals surface area (Å²) in [6, 6.07) is 7.64. The molecule has 1 aromatic rings. The highest BCUT2D eigenvalue weighted by Crippen LogP contribution is 2.25. The van der Waals surface area contributed by atoms with E-state index in [0.717, 1.165) is 23.8 Å². The lowest BCUT2D eigenvalue weighted by atomic mass is 10.1. The zero-order valence-electron chi connectivity index (χ0n) is 9.58. The lowest BCUT2D eigenvalue weighted by Crippen LogP contribution is -2.31. The zero-order chi connectivity index (χ0) is 11.4. The van der Waals surface area contributed by atoms with Gasteiger partial charge in [-0.3, -0.25) is 0 Å². The fraction of sp³-hybridized carbons (Fsp3) is 0.538. The first-order chi connectivity index (χ1) is 7.75. The fourth-order valence-corrected chi connectivity index (χ4v) is 3.25. The number of hydrogen-bond donors (Lipinski definition) is 1. The highest BCUT2D eigenvalue weighted by molar-refractivity contribution is 8.00. The zero-order valence-corrected chi connectivity index (χ0v) is 10.4. The molecule has 2 unspecified atom stereocenters. The Morgan fingerprint density at radius 1 is 1.44 bits per heavy atom. The van der Waals surface area contributed by atoms with Gasteiger partial charge >= 0.3 is 0 Å². The molecule has 0 bridgehead atoms. The molecule has 1 aliphatic rings. The fourth-order valence-electron chi connectivity index (χ4n) is 2.07. The molecule has 0 aromatic heterocycles. The van der Waals surface area contributed by atoms with Crippen molar-refractivity contribution >= 4 is 11.8 Å². The van der Waals surface area contributed by atoms with Crippen LogP contribution in [-0.2, 0) is 6.42 Å². The van der Waals surface area contributed by atoms with Gasteiger partial charge in [-0.1, -0.05) is 25.1 Å². The Labute approximate surface area is 101 Å². The number of benzene rings is 1. The van der Waals surface area contributed by atoms with E-state index >= 15 is 0 Å². The van der Waals surface area contributed by atoms with Crippen LogP contribution in [-0.4, -0.2) is 23.6 Å². The quantitative estimate of drug-likeness (QED) is 0.867. The van der Waals surface area contributed by atoms with E-state index in [4.69, 9.17) is 0 Å². The van der Waals surface area contributed by atoms with Gasteiger partial charge in [-0.15, -0.1) is 0 Å². The molecule has 0 spiro atoms. The van der Waals surface area contributed by atoms with Gasteiger partial charge < -0.3 is 5.32 Å². The summed E-state index contributed by atoms with van der Waals surface area (Å²) in [5, 5.41) is 4.27. The van der Waals surface area contributed by atoms with Crippen LogP contribution in [0.25, 0.3) is 0 Å². The van der Waals surface area contributed by atoms with Crippen LogP contribution in [0, 0.1) is 5.82 Å². The van der Waals surface area contributed by atoms with Crippen LogP contribution in [0.15, 0.2) is 24.3 Å². The molecule has 88 valence electrons. The second-order valence-corrected chi connectivity index (χ2v) is 5.84. The number of rotatable bonds is 4. The molecule has 0 amide bonds. The summed E-state index contributed by atoms with van der Waals surface area (Å²) in [6.07, 6.45) is 2.02. The van der Waals surface area contributed by atoms with Crippen molar-refractivity contribution < 1.29 is 4.39 Å². The van der Waals surface area contributed by atoms with Crippen molar-refractivity contribution in [3.63, 3.8) is 0 Å². The third kappa shape index (κ3) is 3.22. The van der Waals surface area contributed by atoms with Gasteiger partial charge in [0.2, 0.25) is 0 Å². The molecule has 1 heterocycles. The van der Waals surface area contributed by atoms with Gasteiger partial charge in [0.1, 0.15) is 5.82 Å². The average molecular weight is 239 g/mol. The molecule has 3 heteroatoms. The maximum Gasteiger partial charge on any atom is 0.126 e. The normalized spacial score (nSPS) is 24.9. The summed E-state index contributed by atoms with van der Waals surface area (Å²) in [4.78, 5) is 0. The summed E-state index contributed by atoms with van der Waals surface area (Å²) in [6.45, 7) is 3.14. The van der Waals surface area contributed by atoms with E-state index in [1.165, 1.54) is 18.2 Å². The molecule has 0 radical (unpaired) electrons. The Bertz CT molecular complexity index is 342. The SMILES string of the molecule is CC1CC(NCCc2ccccc2F)CS1. The van der Waals surface area contributed by atoms with E-state index in [2.05, 4.69) is 12.2 Å². The van der Waals surface area contributed by atoms with E-state index in [1.807, 2.05) is 23.9 Å². The monoisotopic (exact) mass is 239 g/mol. The van der Waals surface area contributed by atoms with Crippen LogP contribution in [0.4, 0.5) is 4.39 Å². The molecule has 0 aliphatic carbocycles. The Kier molecular flexibility index (Phi) is 4.24. The highest BCUT2D eigenvalue weighted by atomic mass is 32.2. The maximum absolute atomic E-state index is 13.3. The minimum Gasteiger partial charge on any atom is -0.313 e. The predicted octanol–water partition coefficient (Wildman–Crippen LogP) is 2.85. The van der Waals surface area contributed by atoms with Crippen molar-refractivity contribution in [2.75, 3.05) is 12.3 Å². The summed E-state index contributed by atoms with van der Waals surface area (Å²) < 4.78 is 13.3. The lowest BCUT2D eigenvalue weighted by Gasteiger charge is -2.11. The second kappa shape index (κ2) is 5.69. The Morgan fingerprint density at radius 2 is 2.25 bits per heavy atom. The van der Waals surface area contributed by atoms with Gasteiger partial charge in [0.05, 0.1) is 0 Å². The second-order valence-electron chi connectivity index (χ2n) is 4.37. The molecule has 1 N–H and O–H groups in total. The van der Waals surface area contributed by atoms with Crippen LogP contribution in [0.3, 0.4) is 0 Å². The summed E-state index contributed by atoms with van der Waals surface area (Å²) in [7, 11) is 0. The van der Waals surface area contributed by atoms with Crippen LogP contribution in [0.1, 0.15) is 18.9 Å². The lowest BCUT2D eigenvalue weighted by molar-refractivity contribution is 0.533. The molecule has 2 atom stereocenters. The molecular formula is C13H18FNS. The van der Waals surface area contributed by atoms with Gasteiger partial charge in [0.25, 0.3) is 0 Å². The van der Waals surface area contributed by atoms with E-state index in [9.17, 15) is 4.39 Å². The summed E-state index contributed by atoms with van der Waals surface area (Å²) in [5.41, 5.74) is 0.814. The Morgan fingerprint density at radius 3 is 2.94 bits per heavy atom. The largest absolute Gasteiger partial charge is 0.313 e. The topological polar surface area (TPSA) is 12.0 Å². The number of halogens is 1. The minimum absolute atomic E-state index is 0.0848. The van der Waals surface area contributed by atoms with E-state index < -0.39 is 0 Å². The molecule has 1 fully saturated rings. The van der Waals surface area contributed by atoms with Crippen molar-refractivity contribution in [1.82, 2.24) is 5.32 Å². The van der Waals surface area contributed by atoms with Gasteiger partial charge in [-0.2, -0.15) is 11.8 Å². The van der Waals surface area contributed by atoms with Crippen molar-refractivity contribution in [2.45, 2.75) is 31.1 Å². The highest BCUT2D eigenvalue weighted by Gasteiger charge is 2.20. The van der Waals surface area contributed by atoms with Gasteiger partial charge in [-0.05, 0) is 31.0 Å². The number of nitrogens with one attached hydrogen (secondary N) is 1. The molecule has 1 saturated heterocycles. The molecular weight excluding hydrogens is 221 g/mol. The Hall–Kier alpha value is -0.540. The van der Waals surface area contributed by atoms with Gasteiger partial charge in [0, 0.05) is 17.0 Å². The minimum atomic E-state index is -0.0848. The van der Waals surface area contributed by atoms with E-state index in [0.29, 0.717) is 6.04 Å². The van der Waals surface area contributed by atoms with Gasteiger partial charge in [0.15, 0.2) is 0 Å². The third-order valence-electron chi connectivity index (χ3n) is 2.98. The predicted molar refractivity (Wildman–Crippen MR) is 68.4 cm³/mol. The van der Waals surface area contributed by atoms with Crippen molar-refractivity contribution in [2.24, 2.45) is 0 Å². The molecule has 1 aromatic carbocycles. The van der Waals surface area contributed by atoms with E-state index in [-0.39, 0.29) is 5.82 Å². The first-order valence-corrected chi connectivity index (χ1v) is 6.89. The average Bonchev–Trinajstić information content (AvgIpc) is 2.67. The van der Waals surface area contributed by atoms with E-state index in [1.54, 1.807) is 6.07 Å². The molecule has 2 rings (SSSR count). The molecule has 1 nitrogen and oxygen atoms in total. The van der Waals surface area contributed by atoms with Crippen LogP contribution >= 0.6 is 11.8 Å². The maximum atomic E-state index is 13.3. The third-order valence-corrected chi connectivity index (χ3v) is 4.34. The molecule has 1 aliphatic heterocycles. The first-order valence-electron chi connectivity index (χ1n) is 5.84. The van der Waals surface area contributed by atoms with Gasteiger partial charge in [-0.25, -0.2) is 4.39 Å². The van der Waals surface area contributed by atoms with Crippen molar-refractivity contribution in [3.05, 3.63) is 35.6 Å².